The lowest BCUT2D eigenvalue weighted by molar-refractivity contribution is 0.112. The van der Waals surface area contributed by atoms with Gasteiger partial charge in [0.15, 0.2) is 12.1 Å². The number of allylic oxidation sites excluding steroid dienone is 1. The van der Waals surface area contributed by atoms with E-state index in [1.807, 2.05) is 53.7 Å². The van der Waals surface area contributed by atoms with Crippen LogP contribution in [0.15, 0.2) is 64.8 Å². The van der Waals surface area contributed by atoms with Crippen molar-refractivity contribution < 1.29 is 4.79 Å². The molecule has 38 heavy (non-hydrogen) atoms. The number of carbonyl (C=O) groups excluding carboxylic acids is 1. The van der Waals surface area contributed by atoms with Crippen LogP contribution in [0.3, 0.4) is 0 Å². The van der Waals surface area contributed by atoms with Gasteiger partial charge in [-0.2, -0.15) is 0 Å². The maximum absolute atomic E-state index is 14.1. The average molecular weight is 513 g/mol. The van der Waals surface area contributed by atoms with E-state index in [2.05, 4.69) is 50.7 Å². The lowest BCUT2D eigenvalue weighted by Gasteiger charge is -2.32. The van der Waals surface area contributed by atoms with Crippen LogP contribution >= 0.6 is 0 Å². The van der Waals surface area contributed by atoms with Crippen LogP contribution in [0.2, 0.25) is 0 Å². The van der Waals surface area contributed by atoms with Crippen molar-refractivity contribution in [3.8, 4) is 17.2 Å². The van der Waals surface area contributed by atoms with Gasteiger partial charge in [0, 0.05) is 54.1 Å². The topological polar surface area (TPSA) is 116 Å². The van der Waals surface area contributed by atoms with Crippen LogP contribution in [0.25, 0.3) is 17.2 Å². The van der Waals surface area contributed by atoms with Gasteiger partial charge in [0.05, 0.1) is 5.56 Å². The number of carbonyl (C=O) groups is 1. The Morgan fingerprint density at radius 3 is 2.79 bits per heavy atom. The fourth-order valence-electron chi connectivity index (χ4n) is 5.12. The molecule has 0 fully saturated rings. The maximum atomic E-state index is 14.1. The molecule has 0 saturated carbocycles. The van der Waals surface area contributed by atoms with E-state index in [1.54, 1.807) is 16.8 Å². The molecular formula is C28H32N8O2. The van der Waals surface area contributed by atoms with Crippen LogP contribution in [0.1, 0.15) is 67.7 Å². The molecule has 0 amide bonds. The zero-order valence-corrected chi connectivity index (χ0v) is 21.9. The molecule has 1 aliphatic rings. The third kappa shape index (κ3) is 4.57. The largest absolute Gasteiger partial charge is 0.334 e. The van der Waals surface area contributed by atoms with E-state index in [-0.39, 0.29) is 11.7 Å². The summed E-state index contributed by atoms with van der Waals surface area (Å²) in [6.45, 7) is 6.64. The standard InChI is InChI=1S/C28H32N8O2/c1-4-5-9-24-17-35(26-22(18-37)10-15-34(26)20(2)3)27(38)36(24)19-28(11-13-29-14-12-28)23-8-6-7-21(16-23)25-30-32-33-31-25/h6-8,10-11,13-18,20H,4-5,9,12,19H2,1-3H3,(H,30,31,32,33). The highest BCUT2D eigenvalue weighted by atomic mass is 16.2. The van der Waals surface area contributed by atoms with Crippen molar-refractivity contribution in [1.29, 1.82) is 0 Å². The Morgan fingerprint density at radius 1 is 1.24 bits per heavy atom. The molecule has 10 nitrogen and oxygen atoms in total. The highest BCUT2D eigenvalue weighted by molar-refractivity contribution is 5.80. The fourth-order valence-corrected chi connectivity index (χ4v) is 5.12. The smallest absolute Gasteiger partial charge is 0.331 e. The van der Waals surface area contributed by atoms with E-state index >= 15 is 0 Å². The molecule has 1 aliphatic heterocycles. The number of hydrogen-bond donors (Lipinski definition) is 1. The number of aliphatic imine (C=N–C) groups is 1. The fraction of sp³-hybridized carbons (Fsp3) is 0.357. The molecule has 196 valence electrons. The molecular weight excluding hydrogens is 480 g/mol. The van der Waals surface area contributed by atoms with Crippen molar-refractivity contribution in [1.82, 2.24) is 34.3 Å². The van der Waals surface area contributed by atoms with Gasteiger partial charge in [-0.25, -0.2) is 9.89 Å². The lowest BCUT2D eigenvalue weighted by atomic mass is 9.76. The van der Waals surface area contributed by atoms with Crippen molar-refractivity contribution in [2.24, 2.45) is 4.99 Å². The molecule has 1 atom stereocenters. The first-order valence-electron chi connectivity index (χ1n) is 13.0. The first-order chi connectivity index (χ1) is 18.5. The summed E-state index contributed by atoms with van der Waals surface area (Å²) in [5.41, 5.74) is 2.67. The molecule has 4 aromatic rings. The van der Waals surface area contributed by atoms with Gasteiger partial charge in [0.1, 0.15) is 5.82 Å². The molecule has 1 aromatic carbocycles. The minimum Gasteiger partial charge on any atom is -0.331 e. The molecule has 0 bridgehead atoms. The van der Waals surface area contributed by atoms with E-state index in [9.17, 15) is 9.59 Å². The normalized spacial score (nSPS) is 16.9. The van der Waals surface area contributed by atoms with Crippen LogP contribution in [0.5, 0.6) is 0 Å². The predicted molar refractivity (Wildman–Crippen MR) is 146 cm³/mol. The van der Waals surface area contributed by atoms with E-state index in [4.69, 9.17) is 0 Å². The van der Waals surface area contributed by atoms with E-state index in [1.165, 1.54) is 0 Å². The predicted octanol–water partition coefficient (Wildman–Crippen LogP) is 4.28. The van der Waals surface area contributed by atoms with Crippen LogP contribution in [0.4, 0.5) is 0 Å². The minimum absolute atomic E-state index is 0.0881. The Morgan fingerprint density at radius 2 is 2.11 bits per heavy atom. The number of aryl methyl sites for hydroxylation is 1. The number of nitrogens with zero attached hydrogens (tertiary/aromatic N) is 7. The Hall–Kier alpha value is -4.34. The number of hydrogen-bond acceptors (Lipinski definition) is 6. The monoisotopic (exact) mass is 512 g/mol. The summed E-state index contributed by atoms with van der Waals surface area (Å²) in [5, 5.41) is 14.3. The minimum atomic E-state index is -0.504. The molecule has 0 spiro atoms. The number of nitrogens with one attached hydrogen (secondary N) is 1. The van der Waals surface area contributed by atoms with Crippen molar-refractivity contribution in [3.05, 3.63) is 82.3 Å². The number of benzene rings is 1. The molecule has 1 N–H and O–H groups in total. The van der Waals surface area contributed by atoms with Gasteiger partial charge in [-0.15, -0.1) is 5.10 Å². The quantitative estimate of drug-likeness (QED) is 0.318. The zero-order valence-electron chi connectivity index (χ0n) is 21.9. The van der Waals surface area contributed by atoms with Gasteiger partial charge >= 0.3 is 5.69 Å². The van der Waals surface area contributed by atoms with E-state index in [0.717, 1.165) is 42.4 Å². The molecule has 1 unspecified atom stereocenters. The maximum Gasteiger partial charge on any atom is 0.334 e. The van der Waals surface area contributed by atoms with Crippen LogP contribution in [-0.2, 0) is 18.4 Å². The highest BCUT2D eigenvalue weighted by Gasteiger charge is 2.33. The highest BCUT2D eigenvalue weighted by Crippen LogP contribution is 2.35. The Bertz CT molecular complexity index is 1540. The average Bonchev–Trinajstić information content (AvgIpc) is 3.68. The van der Waals surface area contributed by atoms with Crippen molar-refractivity contribution in [3.63, 3.8) is 0 Å². The SMILES string of the molecule is CCCCc1cn(-c2c(C=O)ccn2C(C)C)c(=O)n1CC1(c2cccc(-c3nnn[nH]3)c2)C=CN=CC1. The summed E-state index contributed by atoms with van der Waals surface area (Å²) in [6, 6.07) is 9.92. The summed E-state index contributed by atoms with van der Waals surface area (Å²) in [6.07, 6.45) is 13.7. The molecule has 10 heteroatoms. The molecule has 0 saturated heterocycles. The second-order valence-corrected chi connectivity index (χ2v) is 10.0. The number of aldehydes is 1. The molecule has 3 aromatic heterocycles. The second kappa shape index (κ2) is 10.6. The van der Waals surface area contributed by atoms with Gasteiger partial charge in [-0.3, -0.25) is 18.9 Å². The number of tetrazole rings is 1. The number of unbranched alkanes of at least 4 members (excludes halogenated alkanes) is 1. The van der Waals surface area contributed by atoms with Gasteiger partial charge in [-0.05, 0) is 61.2 Å². The van der Waals surface area contributed by atoms with Crippen LogP contribution in [0, 0.1) is 0 Å². The molecule has 0 radical (unpaired) electrons. The van der Waals surface area contributed by atoms with Crippen molar-refractivity contribution >= 4 is 12.5 Å². The molecule has 5 rings (SSSR count). The summed E-state index contributed by atoms with van der Waals surface area (Å²) in [4.78, 5) is 30.3. The van der Waals surface area contributed by atoms with Gasteiger partial charge in [0.25, 0.3) is 0 Å². The van der Waals surface area contributed by atoms with Crippen molar-refractivity contribution in [2.75, 3.05) is 0 Å². The Balaban J connectivity index is 1.64. The zero-order chi connectivity index (χ0) is 26.7. The molecule has 0 aliphatic carbocycles. The number of imidazole rings is 1. The van der Waals surface area contributed by atoms with E-state index in [0.29, 0.717) is 30.2 Å². The molecule has 4 heterocycles. The number of aromatic nitrogens is 7. The van der Waals surface area contributed by atoms with Gasteiger partial charge in [0.2, 0.25) is 0 Å². The number of H-pyrrole nitrogens is 1. The summed E-state index contributed by atoms with van der Waals surface area (Å²) < 4.78 is 5.48. The number of aromatic amines is 1. The van der Waals surface area contributed by atoms with Crippen LogP contribution < -0.4 is 5.69 Å². The third-order valence-electron chi connectivity index (χ3n) is 7.21. The first kappa shape index (κ1) is 25.3. The van der Waals surface area contributed by atoms with Crippen molar-refractivity contribution in [2.45, 2.75) is 64.5 Å². The van der Waals surface area contributed by atoms with Gasteiger partial charge < -0.3 is 4.57 Å². The Labute approximate surface area is 220 Å². The lowest BCUT2D eigenvalue weighted by Crippen LogP contribution is -2.37. The van der Waals surface area contributed by atoms with Gasteiger partial charge in [-0.1, -0.05) is 37.6 Å². The Kier molecular flexibility index (Phi) is 7.04. The summed E-state index contributed by atoms with van der Waals surface area (Å²) >= 11 is 0. The third-order valence-corrected chi connectivity index (χ3v) is 7.21. The van der Waals surface area contributed by atoms with Crippen LogP contribution in [-0.4, -0.2) is 46.8 Å². The van der Waals surface area contributed by atoms with E-state index < -0.39 is 5.41 Å². The second-order valence-electron chi connectivity index (χ2n) is 10.0. The number of rotatable bonds is 10. The first-order valence-corrected chi connectivity index (χ1v) is 13.0. The summed E-state index contributed by atoms with van der Waals surface area (Å²) in [5.74, 6) is 1.18. The summed E-state index contributed by atoms with van der Waals surface area (Å²) in [7, 11) is 0.